The zero-order valence-corrected chi connectivity index (χ0v) is 9.78. The molecule has 1 aromatic heterocycles. The number of nitrogens with zero attached hydrogens (tertiary/aromatic N) is 2. The van der Waals surface area contributed by atoms with Gasteiger partial charge in [-0.2, -0.15) is 0 Å². The summed E-state index contributed by atoms with van der Waals surface area (Å²) in [6.07, 6.45) is 1.33. The quantitative estimate of drug-likeness (QED) is 0.824. The monoisotopic (exact) mass is 244 g/mol. The third kappa shape index (κ3) is 2.17. The van der Waals surface area contributed by atoms with Crippen LogP contribution in [-0.2, 0) is 0 Å². The Morgan fingerprint density at radius 1 is 1.53 bits per heavy atom. The van der Waals surface area contributed by atoms with Crippen LogP contribution < -0.4 is 0 Å². The molecule has 0 saturated heterocycles. The molecule has 5 heteroatoms. The molecule has 17 heavy (non-hydrogen) atoms. The van der Waals surface area contributed by atoms with Gasteiger partial charge in [0.2, 0.25) is 0 Å². The first-order chi connectivity index (χ1) is 8.11. The smallest absolute Gasteiger partial charge is 0.347 e. The van der Waals surface area contributed by atoms with Crippen molar-refractivity contribution < 1.29 is 9.90 Å². The summed E-state index contributed by atoms with van der Waals surface area (Å²) in [5, 5.41) is 9.43. The van der Waals surface area contributed by atoms with E-state index in [0.717, 1.165) is 22.5 Å². The molecular formula is C12H8N2O2S. The van der Waals surface area contributed by atoms with Gasteiger partial charge in [0.1, 0.15) is 9.88 Å². The lowest BCUT2D eigenvalue weighted by Crippen LogP contribution is -1.89. The van der Waals surface area contributed by atoms with E-state index in [-0.39, 0.29) is 4.88 Å². The number of benzene rings is 1. The standard InChI is InChI=1S/C12H8N2O2S/c1-7-3-4-8(5-9(7)13-2)11-14-6-10(17-11)12(15)16/h3-6H,1H3,(H,15,16). The van der Waals surface area contributed by atoms with E-state index >= 15 is 0 Å². The Kier molecular flexibility index (Phi) is 2.90. The molecule has 1 aromatic carbocycles. The zero-order chi connectivity index (χ0) is 12.4. The average molecular weight is 244 g/mol. The van der Waals surface area contributed by atoms with E-state index in [4.69, 9.17) is 11.7 Å². The topological polar surface area (TPSA) is 54.5 Å². The van der Waals surface area contributed by atoms with Gasteiger partial charge < -0.3 is 5.11 Å². The second kappa shape index (κ2) is 4.36. The van der Waals surface area contributed by atoms with E-state index in [2.05, 4.69) is 9.83 Å². The van der Waals surface area contributed by atoms with Crippen molar-refractivity contribution >= 4 is 23.0 Å². The van der Waals surface area contributed by atoms with Crippen LogP contribution in [0.2, 0.25) is 0 Å². The predicted molar refractivity (Wildman–Crippen MR) is 65.5 cm³/mol. The number of hydrogen-bond donors (Lipinski definition) is 1. The van der Waals surface area contributed by atoms with E-state index in [1.54, 1.807) is 6.07 Å². The van der Waals surface area contributed by atoms with Crippen LogP contribution in [0.1, 0.15) is 15.2 Å². The Morgan fingerprint density at radius 2 is 2.29 bits per heavy atom. The summed E-state index contributed by atoms with van der Waals surface area (Å²) in [7, 11) is 0. The van der Waals surface area contributed by atoms with Gasteiger partial charge in [-0.15, -0.1) is 11.3 Å². The van der Waals surface area contributed by atoms with Crippen LogP contribution in [0.3, 0.4) is 0 Å². The van der Waals surface area contributed by atoms with E-state index in [9.17, 15) is 4.79 Å². The highest BCUT2D eigenvalue weighted by atomic mass is 32.1. The fourth-order valence-corrected chi connectivity index (χ4v) is 2.12. The maximum Gasteiger partial charge on any atom is 0.347 e. The van der Waals surface area contributed by atoms with Gasteiger partial charge in [0.25, 0.3) is 0 Å². The molecule has 0 spiro atoms. The highest BCUT2D eigenvalue weighted by Crippen LogP contribution is 2.30. The second-order valence-electron chi connectivity index (χ2n) is 3.45. The van der Waals surface area contributed by atoms with Gasteiger partial charge in [0.15, 0.2) is 5.69 Å². The molecule has 0 unspecified atom stereocenters. The molecule has 0 aliphatic rings. The second-order valence-corrected chi connectivity index (χ2v) is 4.48. The summed E-state index contributed by atoms with van der Waals surface area (Å²) in [5.41, 5.74) is 2.24. The lowest BCUT2D eigenvalue weighted by atomic mass is 10.1. The number of aromatic nitrogens is 1. The zero-order valence-electron chi connectivity index (χ0n) is 8.97. The summed E-state index contributed by atoms with van der Waals surface area (Å²) in [5.74, 6) is -0.980. The van der Waals surface area contributed by atoms with Crippen molar-refractivity contribution in [3.8, 4) is 10.6 Å². The molecule has 0 fully saturated rings. The molecule has 1 N–H and O–H groups in total. The van der Waals surface area contributed by atoms with Gasteiger partial charge in [-0.3, -0.25) is 0 Å². The van der Waals surface area contributed by atoms with E-state index in [0.29, 0.717) is 10.7 Å². The van der Waals surface area contributed by atoms with Crippen LogP contribution in [0.4, 0.5) is 5.69 Å². The number of aryl methyl sites for hydroxylation is 1. The van der Waals surface area contributed by atoms with Gasteiger partial charge in [-0.25, -0.2) is 14.6 Å². The molecule has 0 saturated carbocycles. The lowest BCUT2D eigenvalue weighted by molar-refractivity contribution is 0.0702. The van der Waals surface area contributed by atoms with Crippen molar-refractivity contribution in [1.82, 2.24) is 4.98 Å². The van der Waals surface area contributed by atoms with Gasteiger partial charge in [0.05, 0.1) is 12.8 Å². The van der Waals surface area contributed by atoms with Crippen molar-refractivity contribution in [2.75, 3.05) is 0 Å². The largest absolute Gasteiger partial charge is 0.477 e. The molecule has 0 radical (unpaired) electrons. The maximum absolute atomic E-state index is 10.7. The number of rotatable bonds is 2. The molecule has 0 aliphatic heterocycles. The van der Waals surface area contributed by atoms with Crippen molar-refractivity contribution in [3.63, 3.8) is 0 Å². The van der Waals surface area contributed by atoms with Crippen LogP contribution >= 0.6 is 11.3 Å². The first-order valence-corrected chi connectivity index (χ1v) is 5.61. The molecule has 2 rings (SSSR count). The Bertz CT molecular complexity index is 626. The minimum atomic E-state index is -0.980. The van der Waals surface area contributed by atoms with E-state index < -0.39 is 5.97 Å². The predicted octanol–water partition coefficient (Wildman–Crippen LogP) is 3.37. The normalized spacial score (nSPS) is 9.88. The maximum atomic E-state index is 10.7. The first kappa shape index (κ1) is 11.3. The molecule has 0 aliphatic carbocycles. The van der Waals surface area contributed by atoms with E-state index in [1.807, 2.05) is 19.1 Å². The highest BCUT2D eigenvalue weighted by molar-refractivity contribution is 7.16. The SMILES string of the molecule is [C-]#[N+]c1cc(-c2ncc(C(=O)O)s2)ccc1C. The van der Waals surface area contributed by atoms with Crippen molar-refractivity contribution in [2.45, 2.75) is 6.92 Å². The number of carbonyl (C=O) groups is 1. The van der Waals surface area contributed by atoms with Crippen molar-refractivity contribution in [1.29, 1.82) is 0 Å². The molecule has 0 atom stereocenters. The summed E-state index contributed by atoms with van der Waals surface area (Å²) in [6, 6.07) is 5.41. The fraction of sp³-hybridized carbons (Fsp3) is 0.0833. The highest BCUT2D eigenvalue weighted by Gasteiger charge is 2.10. The first-order valence-electron chi connectivity index (χ1n) is 4.79. The van der Waals surface area contributed by atoms with Crippen LogP contribution in [0.5, 0.6) is 0 Å². The van der Waals surface area contributed by atoms with Crippen LogP contribution in [0, 0.1) is 13.5 Å². The minimum Gasteiger partial charge on any atom is -0.477 e. The summed E-state index contributed by atoms with van der Waals surface area (Å²) in [4.78, 5) is 18.4. The van der Waals surface area contributed by atoms with Crippen LogP contribution in [0.25, 0.3) is 15.4 Å². The number of hydrogen-bond acceptors (Lipinski definition) is 3. The Hall–Kier alpha value is -2.19. The molecule has 2 aromatic rings. The Balaban J connectivity index is 2.46. The molecule has 0 amide bonds. The summed E-state index contributed by atoms with van der Waals surface area (Å²) < 4.78 is 0. The van der Waals surface area contributed by atoms with Crippen LogP contribution in [-0.4, -0.2) is 16.1 Å². The summed E-state index contributed by atoms with van der Waals surface area (Å²) >= 11 is 1.11. The number of carboxylic acids is 1. The molecule has 0 bridgehead atoms. The number of thiazole rings is 1. The van der Waals surface area contributed by atoms with Gasteiger partial charge in [-0.05, 0) is 18.6 Å². The molecule has 4 nitrogen and oxygen atoms in total. The van der Waals surface area contributed by atoms with Crippen molar-refractivity contribution in [2.24, 2.45) is 0 Å². The fourth-order valence-electron chi connectivity index (χ4n) is 1.37. The molecular weight excluding hydrogens is 236 g/mol. The lowest BCUT2D eigenvalue weighted by Gasteiger charge is -2.00. The Labute approximate surface area is 102 Å². The number of aromatic carboxylic acids is 1. The van der Waals surface area contributed by atoms with Gasteiger partial charge >= 0.3 is 5.97 Å². The van der Waals surface area contributed by atoms with Gasteiger partial charge in [0, 0.05) is 5.56 Å². The average Bonchev–Trinajstić information content (AvgIpc) is 2.79. The molecule has 1 heterocycles. The van der Waals surface area contributed by atoms with Crippen LogP contribution in [0.15, 0.2) is 24.4 Å². The Morgan fingerprint density at radius 3 is 2.88 bits per heavy atom. The summed E-state index contributed by atoms with van der Waals surface area (Å²) in [6.45, 7) is 8.89. The van der Waals surface area contributed by atoms with Crippen molar-refractivity contribution in [3.05, 3.63) is 46.3 Å². The minimum absolute atomic E-state index is 0.199. The van der Waals surface area contributed by atoms with Gasteiger partial charge in [-0.1, -0.05) is 12.1 Å². The van der Waals surface area contributed by atoms with E-state index in [1.165, 1.54) is 6.20 Å². The molecule has 84 valence electrons. The third-order valence-corrected chi connectivity index (χ3v) is 3.33. The number of carboxylic acid groups (broad SMARTS) is 1. The third-order valence-electron chi connectivity index (χ3n) is 2.29.